The number of para-hydroxylation sites is 1. The van der Waals surface area contributed by atoms with E-state index in [-0.39, 0.29) is 11.8 Å². The highest BCUT2D eigenvalue weighted by Crippen LogP contribution is 2.20. The van der Waals surface area contributed by atoms with Gasteiger partial charge in [-0.1, -0.05) is 35.9 Å². The first kappa shape index (κ1) is 18.3. The van der Waals surface area contributed by atoms with E-state index in [1.165, 1.54) is 0 Å². The highest BCUT2D eigenvalue weighted by atomic mass is 35.5. The van der Waals surface area contributed by atoms with Gasteiger partial charge >= 0.3 is 0 Å². The third kappa shape index (κ3) is 3.92. The van der Waals surface area contributed by atoms with Gasteiger partial charge in [0, 0.05) is 31.4 Å². The second kappa shape index (κ2) is 7.86. The third-order valence-electron chi connectivity index (χ3n) is 4.65. The Bertz CT molecular complexity index is 1030. The van der Waals surface area contributed by atoms with Crippen LogP contribution in [0.25, 0.3) is 5.69 Å². The molecule has 3 aromatic rings. The number of benzene rings is 2. The van der Waals surface area contributed by atoms with Crippen molar-refractivity contribution in [3.63, 3.8) is 0 Å². The fourth-order valence-corrected chi connectivity index (χ4v) is 3.47. The molecule has 6 nitrogen and oxygen atoms in total. The van der Waals surface area contributed by atoms with E-state index in [2.05, 4.69) is 10.4 Å². The molecule has 1 N–H and O–H groups in total. The van der Waals surface area contributed by atoms with Crippen LogP contribution in [0.2, 0.25) is 5.02 Å². The van der Waals surface area contributed by atoms with Crippen LogP contribution in [0.15, 0.2) is 60.8 Å². The van der Waals surface area contributed by atoms with Gasteiger partial charge in [-0.2, -0.15) is 5.10 Å². The van der Waals surface area contributed by atoms with Gasteiger partial charge in [0.25, 0.3) is 5.91 Å². The van der Waals surface area contributed by atoms with Crippen molar-refractivity contribution in [2.45, 2.75) is 19.4 Å². The summed E-state index contributed by atoms with van der Waals surface area (Å²) < 4.78 is 1.58. The van der Waals surface area contributed by atoms with Gasteiger partial charge in [-0.3, -0.25) is 9.59 Å². The summed E-state index contributed by atoms with van der Waals surface area (Å²) in [6.07, 6.45) is 3.22. The SMILES string of the molecule is O=C(Nc1cccc(CN2CCCC2=O)c1)c1ccn(-c2ccccc2Cl)n1. The van der Waals surface area contributed by atoms with Gasteiger partial charge in [0.2, 0.25) is 5.91 Å². The number of amides is 2. The van der Waals surface area contributed by atoms with Crippen molar-refractivity contribution in [3.05, 3.63) is 77.1 Å². The molecular weight excluding hydrogens is 376 g/mol. The van der Waals surface area contributed by atoms with Gasteiger partial charge in [-0.25, -0.2) is 4.68 Å². The lowest BCUT2D eigenvalue weighted by molar-refractivity contribution is -0.128. The van der Waals surface area contributed by atoms with E-state index >= 15 is 0 Å². The zero-order chi connectivity index (χ0) is 19.5. The Morgan fingerprint density at radius 1 is 1.14 bits per heavy atom. The summed E-state index contributed by atoms with van der Waals surface area (Å²) in [6.45, 7) is 1.35. The Kier molecular flexibility index (Phi) is 5.12. The van der Waals surface area contributed by atoms with Crippen LogP contribution in [0.3, 0.4) is 0 Å². The summed E-state index contributed by atoms with van der Waals surface area (Å²) >= 11 is 6.19. The second-order valence-corrected chi connectivity index (χ2v) is 7.08. The third-order valence-corrected chi connectivity index (χ3v) is 4.97. The van der Waals surface area contributed by atoms with Crippen LogP contribution in [0, 0.1) is 0 Å². The maximum Gasteiger partial charge on any atom is 0.276 e. The van der Waals surface area contributed by atoms with Crippen LogP contribution < -0.4 is 5.32 Å². The summed E-state index contributed by atoms with van der Waals surface area (Å²) in [4.78, 5) is 26.2. The van der Waals surface area contributed by atoms with E-state index in [0.29, 0.717) is 35.1 Å². The first-order valence-electron chi connectivity index (χ1n) is 9.09. The summed E-state index contributed by atoms with van der Waals surface area (Å²) in [5, 5.41) is 7.74. The normalized spacial score (nSPS) is 13.8. The van der Waals surface area contributed by atoms with Crippen LogP contribution in [-0.2, 0) is 11.3 Å². The van der Waals surface area contributed by atoms with Crippen molar-refractivity contribution in [2.75, 3.05) is 11.9 Å². The number of anilines is 1. The molecule has 142 valence electrons. The summed E-state index contributed by atoms with van der Waals surface area (Å²) in [5.41, 5.74) is 2.65. The van der Waals surface area contributed by atoms with E-state index in [0.717, 1.165) is 18.5 Å². The zero-order valence-electron chi connectivity index (χ0n) is 15.1. The number of nitrogens with zero attached hydrogens (tertiary/aromatic N) is 3. The lowest BCUT2D eigenvalue weighted by Gasteiger charge is -2.16. The van der Waals surface area contributed by atoms with Gasteiger partial charge in [-0.15, -0.1) is 0 Å². The molecule has 1 aliphatic heterocycles. The lowest BCUT2D eigenvalue weighted by Crippen LogP contribution is -2.23. The quantitative estimate of drug-likeness (QED) is 0.713. The van der Waals surface area contributed by atoms with Crippen LogP contribution in [0.4, 0.5) is 5.69 Å². The van der Waals surface area contributed by atoms with E-state index in [1.54, 1.807) is 23.0 Å². The second-order valence-electron chi connectivity index (χ2n) is 6.67. The fourth-order valence-electron chi connectivity index (χ4n) is 3.25. The summed E-state index contributed by atoms with van der Waals surface area (Å²) in [5.74, 6) is -0.125. The highest BCUT2D eigenvalue weighted by molar-refractivity contribution is 6.32. The molecule has 1 saturated heterocycles. The van der Waals surface area contributed by atoms with Crippen molar-refractivity contribution >= 4 is 29.1 Å². The molecule has 1 fully saturated rings. The number of carbonyl (C=O) groups excluding carboxylic acids is 2. The molecular formula is C21H19ClN4O2. The molecule has 0 radical (unpaired) electrons. The minimum atomic E-state index is -0.305. The van der Waals surface area contributed by atoms with E-state index in [9.17, 15) is 9.59 Å². The standard InChI is InChI=1S/C21H19ClN4O2/c22-17-7-1-2-8-19(17)26-12-10-18(24-26)21(28)23-16-6-3-5-15(13-16)14-25-11-4-9-20(25)27/h1-3,5-8,10,12-13H,4,9,11,14H2,(H,23,28). The smallest absolute Gasteiger partial charge is 0.276 e. The molecule has 2 aromatic carbocycles. The number of carbonyl (C=O) groups is 2. The zero-order valence-corrected chi connectivity index (χ0v) is 15.9. The predicted molar refractivity (Wildman–Crippen MR) is 108 cm³/mol. The van der Waals surface area contributed by atoms with Crippen molar-refractivity contribution in [1.82, 2.24) is 14.7 Å². The van der Waals surface area contributed by atoms with E-state index < -0.39 is 0 Å². The largest absolute Gasteiger partial charge is 0.338 e. The molecule has 1 aliphatic rings. The molecule has 0 unspecified atom stereocenters. The average Bonchev–Trinajstić information content (AvgIpc) is 3.32. The molecule has 0 saturated carbocycles. The van der Waals surface area contributed by atoms with Crippen molar-refractivity contribution in [1.29, 1.82) is 0 Å². The molecule has 0 atom stereocenters. The van der Waals surface area contributed by atoms with Crippen molar-refractivity contribution in [3.8, 4) is 5.69 Å². The Morgan fingerprint density at radius 2 is 2.00 bits per heavy atom. The van der Waals surface area contributed by atoms with E-state index in [1.807, 2.05) is 47.4 Å². The fraction of sp³-hybridized carbons (Fsp3) is 0.190. The Morgan fingerprint density at radius 3 is 2.79 bits per heavy atom. The minimum Gasteiger partial charge on any atom is -0.338 e. The van der Waals surface area contributed by atoms with Gasteiger partial charge in [0.15, 0.2) is 5.69 Å². The van der Waals surface area contributed by atoms with Gasteiger partial charge in [-0.05, 0) is 42.3 Å². The van der Waals surface area contributed by atoms with Gasteiger partial charge in [0.1, 0.15) is 0 Å². The molecule has 0 bridgehead atoms. The molecule has 2 amide bonds. The number of aromatic nitrogens is 2. The first-order valence-corrected chi connectivity index (χ1v) is 9.46. The van der Waals surface area contributed by atoms with Gasteiger partial charge in [0.05, 0.1) is 10.7 Å². The van der Waals surface area contributed by atoms with Crippen LogP contribution >= 0.6 is 11.6 Å². The molecule has 2 heterocycles. The lowest BCUT2D eigenvalue weighted by atomic mass is 10.2. The summed E-state index contributed by atoms with van der Waals surface area (Å²) in [7, 11) is 0. The molecule has 28 heavy (non-hydrogen) atoms. The molecule has 1 aromatic heterocycles. The number of halogens is 1. The Labute approximate surface area is 167 Å². The van der Waals surface area contributed by atoms with Crippen LogP contribution in [0.5, 0.6) is 0 Å². The number of nitrogens with one attached hydrogen (secondary N) is 1. The van der Waals surface area contributed by atoms with Crippen molar-refractivity contribution < 1.29 is 9.59 Å². The maximum atomic E-state index is 12.6. The van der Waals surface area contributed by atoms with Crippen molar-refractivity contribution in [2.24, 2.45) is 0 Å². The average molecular weight is 395 g/mol. The highest BCUT2D eigenvalue weighted by Gasteiger charge is 2.20. The monoisotopic (exact) mass is 394 g/mol. The Hall–Kier alpha value is -3.12. The first-order chi connectivity index (χ1) is 13.6. The maximum absolute atomic E-state index is 12.6. The van der Waals surface area contributed by atoms with Crippen LogP contribution in [0.1, 0.15) is 28.9 Å². The summed E-state index contributed by atoms with van der Waals surface area (Å²) in [6, 6.07) is 16.5. The van der Waals surface area contributed by atoms with Gasteiger partial charge < -0.3 is 10.2 Å². The molecule has 7 heteroatoms. The molecule has 4 rings (SSSR count). The minimum absolute atomic E-state index is 0.180. The van der Waals surface area contributed by atoms with E-state index in [4.69, 9.17) is 11.6 Å². The Balaban J connectivity index is 1.46. The molecule has 0 aliphatic carbocycles. The predicted octanol–water partition coefficient (Wildman–Crippen LogP) is 3.90. The number of rotatable bonds is 5. The number of likely N-dealkylation sites (tertiary alicyclic amines) is 1. The topological polar surface area (TPSA) is 67.2 Å². The molecule has 0 spiro atoms. The number of hydrogen-bond acceptors (Lipinski definition) is 3. The number of hydrogen-bond donors (Lipinski definition) is 1. The van der Waals surface area contributed by atoms with Crippen LogP contribution in [-0.4, -0.2) is 33.0 Å².